The first-order valence-corrected chi connectivity index (χ1v) is 8.06. The fourth-order valence-corrected chi connectivity index (χ4v) is 2.67. The van der Waals surface area contributed by atoms with Gasteiger partial charge in [0, 0.05) is 30.9 Å². The maximum atomic E-state index is 11.6. The molecule has 7 nitrogen and oxygen atoms in total. The van der Waals surface area contributed by atoms with Crippen molar-refractivity contribution in [2.75, 3.05) is 0 Å². The first-order chi connectivity index (χ1) is 11.1. The lowest BCUT2D eigenvalue weighted by atomic mass is 10.00. The molecule has 1 fully saturated rings. The number of carbonyl (C=O) groups excluding carboxylic acids is 2. The van der Waals surface area contributed by atoms with Gasteiger partial charge in [0.25, 0.3) is 0 Å². The summed E-state index contributed by atoms with van der Waals surface area (Å²) < 4.78 is 0. The van der Waals surface area contributed by atoms with E-state index in [0.29, 0.717) is 12.5 Å². The molecule has 23 heavy (non-hydrogen) atoms. The number of rotatable bonds is 8. The van der Waals surface area contributed by atoms with Crippen LogP contribution in [0.25, 0.3) is 0 Å². The SMILES string of the molecule is CC(NC(=O)CCCCC1CC(c2cccnc2)NN1)C(N)=O. The van der Waals surface area contributed by atoms with Crippen LogP contribution in [0.4, 0.5) is 0 Å². The Morgan fingerprint density at radius 2 is 2.26 bits per heavy atom. The third kappa shape index (κ3) is 5.61. The van der Waals surface area contributed by atoms with E-state index in [1.165, 1.54) is 5.56 Å². The van der Waals surface area contributed by atoms with Crippen LogP contribution in [-0.2, 0) is 9.59 Å². The van der Waals surface area contributed by atoms with Crippen molar-refractivity contribution in [2.24, 2.45) is 5.73 Å². The van der Waals surface area contributed by atoms with Gasteiger partial charge >= 0.3 is 0 Å². The quantitative estimate of drug-likeness (QED) is 0.523. The third-order valence-electron chi connectivity index (χ3n) is 4.08. The Balaban J connectivity index is 1.61. The number of amides is 2. The summed E-state index contributed by atoms with van der Waals surface area (Å²) in [6.07, 6.45) is 7.84. The minimum absolute atomic E-state index is 0.123. The molecular formula is C16H25N5O2. The van der Waals surface area contributed by atoms with E-state index in [2.05, 4.69) is 27.2 Å². The van der Waals surface area contributed by atoms with Gasteiger partial charge in [0.15, 0.2) is 0 Å². The Bertz CT molecular complexity index is 522. The van der Waals surface area contributed by atoms with Crippen molar-refractivity contribution in [1.82, 2.24) is 21.2 Å². The fraction of sp³-hybridized carbons (Fsp3) is 0.562. The van der Waals surface area contributed by atoms with Gasteiger partial charge in [-0.2, -0.15) is 0 Å². The Hall–Kier alpha value is -1.99. The number of pyridine rings is 1. The molecule has 126 valence electrons. The van der Waals surface area contributed by atoms with Crippen LogP contribution in [0.3, 0.4) is 0 Å². The zero-order valence-corrected chi connectivity index (χ0v) is 13.4. The summed E-state index contributed by atoms with van der Waals surface area (Å²) in [7, 11) is 0. The number of unbranched alkanes of at least 4 members (excludes halogenated alkanes) is 1. The zero-order valence-electron chi connectivity index (χ0n) is 13.4. The summed E-state index contributed by atoms with van der Waals surface area (Å²) in [5.41, 5.74) is 12.9. The maximum absolute atomic E-state index is 11.6. The number of hydrogen-bond acceptors (Lipinski definition) is 5. The van der Waals surface area contributed by atoms with Crippen molar-refractivity contribution in [3.05, 3.63) is 30.1 Å². The van der Waals surface area contributed by atoms with Gasteiger partial charge < -0.3 is 11.1 Å². The minimum Gasteiger partial charge on any atom is -0.368 e. The number of aromatic nitrogens is 1. The average Bonchev–Trinajstić information content (AvgIpc) is 3.01. The van der Waals surface area contributed by atoms with Gasteiger partial charge in [-0.15, -0.1) is 0 Å². The van der Waals surface area contributed by atoms with E-state index in [1.807, 2.05) is 12.3 Å². The highest BCUT2D eigenvalue weighted by Gasteiger charge is 2.24. The van der Waals surface area contributed by atoms with E-state index in [9.17, 15) is 9.59 Å². The number of hydrazine groups is 1. The second kappa shape index (κ2) is 8.59. The number of nitrogens with one attached hydrogen (secondary N) is 3. The van der Waals surface area contributed by atoms with Crippen molar-refractivity contribution in [3.63, 3.8) is 0 Å². The molecule has 3 unspecified atom stereocenters. The monoisotopic (exact) mass is 319 g/mol. The molecule has 1 aliphatic rings. The second-order valence-corrected chi connectivity index (χ2v) is 6.00. The van der Waals surface area contributed by atoms with Crippen LogP contribution in [0.2, 0.25) is 0 Å². The average molecular weight is 319 g/mol. The van der Waals surface area contributed by atoms with E-state index in [4.69, 9.17) is 5.73 Å². The van der Waals surface area contributed by atoms with E-state index in [-0.39, 0.29) is 11.9 Å². The molecule has 2 rings (SSSR count). The molecule has 1 aromatic rings. The fourth-order valence-electron chi connectivity index (χ4n) is 2.67. The van der Waals surface area contributed by atoms with E-state index < -0.39 is 11.9 Å². The Kier molecular flexibility index (Phi) is 6.49. The van der Waals surface area contributed by atoms with Crippen LogP contribution in [0.1, 0.15) is 50.6 Å². The summed E-state index contributed by atoms with van der Waals surface area (Å²) in [5, 5.41) is 2.59. The van der Waals surface area contributed by atoms with Crippen LogP contribution in [0, 0.1) is 0 Å². The summed E-state index contributed by atoms with van der Waals surface area (Å²) in [6, 6.07) is 4.08. The van der Waals surface area contributed by atoms with Crippen molar-refractivity contribution < 1.29 is 9.59 Å². The topological polar surface area (TPSA) is 109 Å². The Morgan fingerprint density at radius 1 is 1.43 bits per heavy atom. The molecule has 1 aliphatic heterocycles. The Labute approximate surface area is 136 Å². The minimum atomic E-state index is -0.608. The molecule has 5 N–H and O–H groups in total. The van der Waals surface area contributed by atoms with Crippen LogP contribution in [0.5, 0.6) is 0 Å². The number of nitrogens with zero attached hydrogens (tertiary/aromatic N) is 1. The first-order valence-electron chi connectivity index (χ1n) is 8.06. The summed E-state index contributed by atoms with van der Waals surface area (Å²) >= 11 is 0. The van der Waals surface area contributed by atoms with Crippen molar-refractivity contribution in [3.8, 4) is 0 Å². The molecule has 0 radical (unpaired) electrons. The van der Waals surface area contributed by atoms with Gasteiger partial charge in [0.2, 0.25) is 11.8 Å². The molecule has 1 saturated heterocycles. The van der Waals surface area contributed by atoms with Gasteiger partial charge in [-0.25, -0.2) is 5.43 Å². The van der Waals surface area contributed by atoms with E-state index >= 15 is 0 Å². The summed E-state index contributed by atoms with van der Waals surface area (Å²) in [4.78, 5) is 26.7. The molecule has 2 heterocycles. The molecule has 0 aromatic carbocycles. The van der Waals surface area contributed by atoms with Crippen molar-refractivity contribution in [2.45, 2.75) is 57.2 Å². The van der Waals surface area contributed by atoms with Crippen LogP contribution >= 0.6 is 0 Å². The smallest absolute Gasteiger partial charge is 0.239 e. The molecule has 0 bridgehead atoms. The molecule has 1 aromatic heterocycles. The zero-order chi connectivity index (χ0) is 16.7. The number of hydrogen-bond donors (Lipinski definition) is 4. The van der Waals surface area contributed by atoms with Crippen molar-refractivity contribution in [1.29, 1.82) is 0 Å². The summed E-state index contributed by atoms with van der Waals surface area (Å²) in [5.74, 6) is -0.636. The molecule has 0 saturated carbocycles. The van der Waals surface area contributed by atoms with Gasteiger partial charge in [-0.05, 0) is 37.8 Å². The number of carbonyl (C=O) groups is 2. The highest BCUT2D eigenvalue weighted by atomic mass is 16.2. The maximum Gasteiger partial charge on any atom is 0.239 e. The van der Waals surface area contributed by atoms with Gasteiger partial charge in [-0.1, -0.05) is 12.5 Å². The van der Waals surface area contributed by atoms with E-state index in [0.717, 1.165) is 25.7 Å². The first kappa shape index (κ1) is 17.4. The normalized spacial score (nSPS) is 21.8. The molecule has 0 aliphatic carbocycles. The van der Waals surface area contributed by atoms with E-state index in [1.54, 1.807) is 13.1 Å². The van der Waals surface area contributed by atoms with Gasteiger partial charge in [0.05, 0.1) is 0 Å². The molecule has 0 spiro atoms. The predicted octanol–water partition coefficient (Wildman–Crippen LogP) is 0.540. The third-order valence-corrected chi connectivity index (χ3v) is 4.08. The lowest BCUT2D eigenvalue weighted by Crippen LogP contribution is -2.42. The lowest BCUT2D eigenvalue weighted by molar-refractivity contribution is -0.127. The molecule has 2 amide bonds. The highest BCUT2D eigenvalue weighted by Crippen LogP contribution is 2.23. The largest absolute Gasteiger partial charge is 0.368 e. The van der Waals surface area contributed by atoms with Crippen LogP contribution < -0.4 is 21.9 Å². The number of primary amides is 1. The molecule has 3 atom stereocenters. The van der Waals surface area contributed by atoms with Gasteiger partial charge in [0.1, 0.15) is 6.04 Å². The lowest BCUT2D eigenvalue weighted by Gasteiger charge is -2.11. The number of nitrogens with two attached hydrogens (primary N) is 1. The Morgan fingerprint density at radius 3 is 2.96 bits per heavy atom. The molecule has 7 heteroatoms. The summed E-state index contributed by atoms with van der Waals surface area (Å²) in [6.45, 7) is 1.59. The standard InChI is InChI=1S/C16H25N5O2/c1-11(16(17)23)19-15(22)7-3-2-6-13-9-14(21-20-13)12-5-4-8-18-10-12/h4-5,8,10-11,13-14,20-21H,2-3,6-7,9H2,1H3,(H2,17,23)(H,19,22). The molecular weight excluding hydrogens is 294 g/mol. The highest BCUT2D eigenvalue weighted by molar-refractivity contribution is 5.86. The van der Waals surface area contributed by atoms with Gasteiger partial charge in [-0.3, -0.25) is 20.0 Å². The van der Waals surface area contributed by atoms with Crippen molar-refractivity contribution >= 4 is 11.8 Å². The predicted molar refractivity (Wildman–Crippen MR) is 86.9 cm³/mol. The van der Waals surface area contributed by atoms with Crippen LogP contribution in [0.15, 0.2) is 24.5 Å². The second-order valence-electron chi connectivity index (χ2n) is 6.00. The van der Waals surface area contributed by atoms with Crippen LogP contribution in [-0.4, -0.2) is 28.9 Å².